The summed E-state index contributed by atoms with van der Waals surface area (Å²) in [5.74, 6) is -0.648. The zero-order chi connectivity index (χ0) is 31.7. The quantitative estimate of drug-likeness (QED) is 0.0426. The summed E-state index contributed by atoms with van der Waals surface area (Å²) in [7, 11) is 0. The topological polar surface area (TPSA) is 110 Å². The first-order chi connectivity index (χ1) is 21.8. The number of nitrogens with zero attached hydrogens (tertiary/aromatic N) is 5. The molecular weight excluding hydrogens is 607 g/mol. The van der Waals surface area contributed by atoms with Crippen molar-refractivity contribution in [3.05, 3.63) is 106 Å². The van der Waals surface area contributed by atoms with Crippen LogP contribution in [0.5, 0.6) is 5.75 Å². The highest BCUT2D eigenvalue weighted by atomic mass is 32.2. The van der Waals surface area contributed by atoms with Crippen molar-refractivity contribution in [1.82, 2.24) is 19.6 Å². The Balaban J connectivity index is 1.43. The SMILES string of the molecule is CCCCOc1cccc(C2/C(=C(\O)c3nc4c(C)cccn4c3C)C(=O)C(=O)N2c2nnc(SCc3ccc(C)cc3)s2)c1. The van der Waals surface area contributed by atoms with E-state index in [1.165, 1.54) is 33.6 Å². The number of aryl methyl sites for hydroxylation is 3. The number of thioether (sulfide) groups is 1. The zero-order valence-electron chi connectivity index (χ0n) is 25.5. The number of aliphatic hydroxyl groups excluding tert-OH is 1. The van der Waals surface area contributed by atoms with Crippen LogP contribution in [0.4, 0.5) is 5.13 Å². The van der Waals surface area contributed by atoms with Gasteiger partial charge in [0.25, 0.3) is 5.78 Å². The van der Waals surface area contributed by atoms with Crippen LogP contribution >= 0.6 is 23.1 Å². The lowest BCUT2D eigenvalue weighted by atomic mass is 9.96. The molecule has 45 heavy (non-hydrogen) atoms. The lowest BCUT2D eigenvalue weighted by Gasteiger charge is -2.23. The van der Waals surface area contributed by atoms with Crippen molar-refractivity contribution in [1.29, 1.82) is 0 Å². The summed E-state index contributed by atoms with van der Waals surface area (Å²) in [4.78, 5) is 33.6. The minimum atomic E-state index is -0.965. The summed E-state index contributed by atoms with van der Waals surface area (Å²) >= 11 is 2.74. The predicted octanol–water partition coefficient (Wildman–Crippen LogP) is 7.21. The maximum Gasteiger partial charge on any atom is 0.301 e. The molecule has 0 saturated carbocycles. The number of hydrogen-bond acceptors (Lipinski definition) is 9. The zero-order valence-corrected chi connectivity index (χ0v) is 27.1. The summed E-state index contributed by atoms with van der Waals surface area (Å²) < 4.78 is 8.49. The molecule has 6 rings (SSSR count). The van der Waals surface area contributed by atoms with Gasteiger partial charge in [-0.3, -0.25) is 14.5 Å². The summed E-state index contributed by atoms with van der Waals surface area (Å²) in [6.07, 6.45) is 3.73. The van der Waals surface area contributed by atoms with Gasteiger partial charge in [-0.25, -0.2) is 4.98 Å². The number of carbonyl (C=O) groups is 2. The molecule has 2 aromatic carbocycles. The van der Waals surface area contributed by atoms with E-state index in [0.29, 0.717) is 39.4 Å². The number of carbonyl (C=O) groups excluding carboxylic acids is 2. The highest BCUT2D eigenvalue weighted by molar-refractivity contribution is 8.00. The molecule has 230 valence electrons. The van der Waals surface area contributed by atoms with Crippen molar-refractivity contribution >= 4 is 51.3 Å². The van der Waals surface area contributed by atoms with E-state index in [2.05, 4.69) is 41.4 Å². The van der Waals surface area contributed by atoms with Crippen molar-refractivity contribution in [3.8, 4) is 5.75 Å². The normalized spacial score (nSPS) is 16.2. The molecule has 0 radical (unpaired) electrons. The van der Waals surface area contributed by atoms with Gasteiger partial charge in [0.05, 0.1) is 23.9 Å². The molecule has 1 aliphatic rings. The van der Waals surface area contributed by atoms with Gasteiger partial charge in [0, 0.05) is 11.9 Å². The third-order valence-electron chi connectivity index (χ3n) is 7.78. The van der Waals surface area contributed by atoms with Crippen LogP contribution in [-0.4, -0.2) is 43.0 Å². The van der Waals surface area contributed by atoms with Gasteiger partial charge in [-0.05, 0) is 62.1 Å². The average molecular weight is 640 g/mol. The minimum Gasteiger partial charge on any atom is -0.505 e. The molecule has 1 fully saturated rings. The molecule has 9 nitrogen and oxygen atoms in total. The molecule has 0 aliphatic carbocycles. The van der Waals surface area contributed by atoms with Crippen molar-refractivity contribution < 1.29 is 19.4 Å². The summed E-state index contributed by atoms with van der Waals surface area (Å²) in [6, 6.07) is 18.4. The maximum absolute atomic E-state index is 13.8. The van der Waals surface area contributed by atoms with Crippen LogP contribution in [0.15, 0.2) is 76.8 Å². The van der Waals surface area contributed by atoms with Crippen LogP contribution in [0, 0.1) is 20.8 Å². The number of benzene rings is 2. The molecule has 3 aromatic heterocycles. The van der Waals surface area contributed by atoms with Crippen LogP contribution in [-0.2, 0) is 15.3 Å². The smallest absolute Gasteiger partial charge is 0.301 e. The Labute approximate surface area is 269 Å². The second-order valence-corrected chi connectivity index (χ2v) is 13.2. The largest absolute Gasteiger partial charge is 0.505 e. The predicted molar refractivity (Wildman–Crippen MR) is 177 cm³/mol. The van der Waals surface area contributed by atoms with Gasteiger partial charge in [0.2, 0.25) is 5.13 Å². The number of anilines is 1. The Morgan fingerprint density at radius 2 is 1.84 bits per heavy atom. The van der Waals surface area contributed by atoms with Crippen molar-refractivity contribution in [3.63, 3.8) is 0 Å². The number of hydrogen-bond donors (Lipinski definition) is 1. The van der Waals surface area contributed by atoms with Crippen molar-refractivity contribution in [2.24, 2.45) is 0 Å². The van der Waals surface area contributed by atoms with Crippen molar-refractivity contribution in [2.75, 3.05) is 11.5 Å². The average Bonchev–Trinajstić information content (AvgIpc) is 3.72. The number of pyridine rings is 1. The van der Waals surface area contributed by atoms with Gasteiger partial charge in [-0.1, -0.05) is 84.5 Å². The lowest BCUT2D eigenvalue weighted by Crippen LogP contribution is -2.29. The van der Waals surface area contributed by atoms with E-state index in [-0.39, 0.29) is 22.2 Å². The standard InChI is InChI=1S/C34H33N5O4S2/c1-5-6-17-43-25-11-7-10-24(18-25)28-26(29(40)27-22(4)38-16-8-9-21(3)31(38)35-27)30(41)32(42)39(28)33-36-37-34(45-33)44-19-23-14-12-20(2)13-15-23/h7-16,18,28,40H,5-6,17,19H2,1-4H3/b29-26+. The van der Waals surface area contributed by atoms with Gasteiger partial charge in [-0.2, -0.15) is 0 Å². The van der Waals surface area contributed by atoms with E-state index in [1.807, 2.05) is 61.7 Å². The molecule has 0 spiro atoms. The van der Waals surface area contributed by atoms with E-state index < -0.39 is 17.7 Å². The van der Waals surface area contributed by atoms with E-state index in [4.69, 9.17) is 9.72 Å². The highest BCUT2D eigenvalue weighted by Crippen LogP contribution is 2.45. The Morgan fingerprint density at radius 1 is 1.04 bits per heavy atom. The molecule has 1 N–H and O–H groups in total. The Morgan fingerprint density at radius 3 is 2.60 bits per heavy atom. The third kappa shape index (κ3) is 5.97. The number of Topliss-reactive ketones (excluding diaryl/α,β-unsaturated/α-hetero) is 1. The molecule has 1 aliphatic heterocycles. The number of ketones is 1. The second kappa shape index (κ2) is 12.9. The van der Waals surface area contributed by atoms with Crippen LogP contribution in [0.3, 0.4) is 0 Å². The molecule has 1 unspecified atom stereocenters. The second-order valence-electron chi connectivity index (χ2n) is 11.0. The first-order valence-corrected chi connectivity index (χ1v) is 16.6. The van der Waals surface area contributed by atoms with E-state index >= 15 is 0 Å². The van der Waals surface area contributed by atoms with Crippen LogP contribution < -0.4 is 9.64 Å². The molecule has 1 saturated heterocycles. The number of aromatic nitrogens is 4. The van der Waals surface area contributed by atoms with Gasteiger partial charge in [0.1, 0.15) is 17.1 Å². The molecule has 4 heterocycles. The number of amides is 1. The number of fused-ring (bicyclic) bond motifs is 1. The number of imidazole rings is 1. The number of rotatable bonds is 10. The highest BCUT2D eigenvalue weighted by Gasteiger charge is 2.49. The van der Waals surface area contributed by atoms with Crippen LogP contribution in [0.1, 0.15) is 59.4 Å². The van der Waals surface area contributed by atoms with Gasteiger partial charge in [0.15, 0.2) is 10.1 Å². The summed E-state index contributed by atoms with van der Waals surface area (Å²) in [5, 5.41) is 20.7. The third-order valence-corrected chi connectivity index (χ3v) is 9.91. The van der Waals surface area contributed by atoms with Crippen LogP contribution in [0.25, 0.3) is 11.4 Å². The Bertz CT molecular complexity index is 1930. The van der Waals surface area contributed by atoms with Gasteiger partial charge in [-0.15, -0.1) is 10.2 Å². The fourth-order valence-electron chi connectivity index (χ4n) is 5.32. The first kappa shape index (κ1) is 30.5. The van der Waals surface area contributed by atoms with Crippen LogP contribution in [0.2, 0.25) is 0 Å². The minimum absolute atomic E-state index is 0.0566. The fraction of sp³-hybridized carbons (Fsp3) is 0.265. The molecule has 0 bridgehead atoms. The summed E-state index contributed by atoms with van der Waals surface area (Å²) in [5.41, 5.74) is 5.34. The van der Waals surface area contributed by atoms with Gasteiger partial charge >= 0.3 is 5.91 Å². The maximum atomic E-state index is 13.8. The van der Waals surface area contributed by atoms with E-state index in [9.17, 15) is 14.7 Å². The Hall–Kier alpha value is -4.48. The fourth-order valence-corrected chi connectivity index (χ4v) is 7.14. The molecule has 1 atom stereocenters. The van der Waals surface area contributed by atoms with Gasteiger partial charge < -0.3 is 14.2 Å². The molecular formula is C34H33N5O4S2. The number of unbranched alkanes of at least 4 members (excludes halogenated alkanes) is 1. The van der Waals surface area contributed by atoms with Crippen molar-refractivity contribution in [2.45, 2.75) is 56.7 Å². The van der Waals surface area contributed by atoms with E-state index in [0.717, 1.165) is 24.0 Å². The lowest BCUT2D eigenvalue weighted by molar-refractivity contribution is -0.132. The first-order valence-electron chi connectivity index (χ1n) is 14.8. The Kier molecular flexibility index (Phi) is 8.73. The molecule has 5 aromatic rings. The summed E-state index contributed by atoms with van der Waals surface area (Å²) in [6.45, 7) is 8.43. The molecule has 11 heteroatoms. The van der Waals surface area contributed by atoms with E-state index in [1.54, 1.807) is 6.07 Å². The monoisotopic (exact) mass is 639 g/mol. The number of aliphatic hydroxyl groups is 1. The number of ether oxygens (including phenoxy) is 1. The molecule has 1 amide bonds.